The molecule has 0 N–H and O–H groups in total. The zero-order valence-corrected chi connectivity index (χ0v) is 27.2. The van der Waals surface area contributed by atoms with Crippen LogP contribution in [0.4, 0.5) is 0 Å². The number of hydrogen-bond acceptors (Lipinski definition) is 5. The minimum atomic E-state index is -0.902. The molecule has 3 atom stereocenters. The molecule has 5 nitrogen and oxygen atoms in total. The summed E-state index contributed by atoms with van der Waals surface area (Å²) in [5.74, 6) is 1.61. The van der Waals surface area contributed by atoms with Crippen molar-refractivity contribution >= 4 is 17.3 Å². The van der Waals surface area contributed by atoms with E-state index in [-0.39, 0.29) is 40.9 Å². The van der Waals surface area contributed by atoms with Crippen LogP contribution in [0.25, 0.3) is 0 Å². The maximum absolute atomic E-state index is 14.8. The van der Waals surface area contributed by atoms with Crippen molar-refractivity contribution in [2.45, 2.75) is 100 Å². The van der Waals surface area contributed by atoms with Gasteiger partial charge in [0.2, 0.25) is 6.79 Å². The first-order chi connectivity index (χ1) is 20.1. The molecule has 0 saturated heterocycles. The molecule has 3 unspecified atom stereocenters. The fourth-order valence-corrected chi connectivity index (χ4v) is 9.22. The number of aryl methyl sites for hydroxylation is 2. The van der Waals surface area contributed by atoms with Crippen LogP contribution in [0.1, 0.15) is 112 Å². The smallest absolute Gasteiger partial charge is 0.231 e. The molecular weight excluding hydrogens is 536 g/mol. The monoisotopic (exact) mass is 580 g/mol. The summed E-state index contributed by atoms with van der Waals surface area (Å²) < 4.78 is 11.1. The first-order valence-electron chi connectivity index (χ1n) is 15.7. The Kier molecular flexibility index (Phi) is 6.72. The number of Topliss-reactive ketones (excluding diaryl/α,β-unsaturated/α-hetero) is 3. The second kappa shape index (κ2) is 9.77. The standard InChI is InChI=1S/C38H44O5/c1-20(2)27-15-26(12-10-25-11-13-29-30(14-25)43-19-42-29)22(4)32-28(27)17-36(7)18-37(8)16-21(3)31(24(6)39)35(41)38(37,9)23(5)33(36)34(32)40/h11,13-15,20H,10,12,16-19H2,1-9H3. The Morgan fingerprint density at radius 1 is 0.953 bits per heavy atom. The van der Waals surface area contributed by atoms with Crippen molar-refractivity contribution in [2.24, 2.45) is 16.2 Å². The fraction of sp³-hybridized carbons (Fsp3) is 0.500. The SMILES string of the molecule is CC(=O)C1=C(C)CC2(C)CC3(C)Cc4c(C(C)C)cc(CCc5ccc6c(c5)OCO6)c(C)c4C(=O)C3=C(C)C2(C)C1=O. The number of benzene rings is 2. The predicted octanol–water partition coefficient (Wildman–Crippen LogP) is 7.99. The molecule has 0 fully saturated rings. The van der Waals surface area contributed by atoms with Gasteiger partial charge in [0.1, 0.15) is 0 Å². The van der Waals surface area contributed by atoms with Crippen LogP contribution in [-0.4, -0.2) is 24.1 Å². The van der Waals surface area contributed by atoms with E-state index >= 15 is 0 Å². The Morgan fingerprint density at radius 3 is 2.33 bits per heavy atom. The molecule has 0 aromatic heterocycles. The summed E-state index contributed by atoms with van der Waals surface area (Å²) in [5, 5.41) is 0. The van der Waals surface area contributed by atoms with Gasteiger partial charge in [0.15, 0.2) is 28.8 Å². The Hall–Kier alpha value is -3.47. The van der Waals surface area contributed by atoms with E-state index in [1.165, 1.54) is 29.2 Å². The first kappa shape index (κ1) is 29.6. The molecule has 4 aliphatic rings. The minimum Gasteiger partial charge on any atom is -0.454 e. The lowest BCUT2D eigenvalue weighted by Gasteiger charge is -2.59. The van der Waals surface area contributed by atoms with Gasteiger partial charge < -0.3 is 9.47 Å². The molecule has 0 bridgehead atoms. The molecule has 0 amide bonds. The maximum atomic E-state index is 14.8. The highest BCUT2D eigenvalue weighted by Crippen LogP contribution is 2.66. The van der Waals surface area contributed by atoms with Crippen molar-refractivity contribution in [3.63, 3.8) is 0 Å². The van der Waals surface area contributed by atoms with Crippen LogP contribution in [0, 0.1) is 23.2 Å². The number of carbonyl (C=O) groups excluding carboxylic acids is 3. The lowest BCUT2D eigenvalue weighted by Crippen LogP contribution is -2.57. The van der Waals surface area contributed by atoms with Gasteiger partial charge in [-0.25, -0.2) is 0 Å². The molecular formula is C38H44O5. The van der Waals surface area contributed by atoms with E-state index in [0.717, 1.165) is 65.0 Å². The average molecular weight is 581 g/mol. The molecule has 5 heteroatoms. The third-order valence-corrected chi connectivity index (χ3v) is 11.4. The maximum Gasteiger partial charge on any atom is 0.231 e. The number of rotatable bonds is 5. The van der Waals surface area contributed by atoms with Gasteiger partial charge in [-0.05, 0) is 118 Å². The number of carbonyl (C=O) groups is 3. The summed E-state index contributed by atoms with van der Waals surface area (Å²) in [4.78, 5) is 41.7. The van der Waals surface area contributed by atoms with E-state index in [1.54, 1.807) is 0 Å². The molecule has 6 rings (SSSR count). The van der Waals surface area contributed by atoms with Gasteiger partial charge >= 0.3 is 0 Å². The number of hydrogen-bond donors (Lipinski definition) is 0. The normalized spacial score (nSPS) is 27.9. The molecule has 0 radical (unpaired) electrons. The Labute approximate surface area is 255 Å². The highest BCUT2D eigenvalue weighted by molar-refractivity contribution is 6.24. The summed E-state index contributed by atoms with van der Waals surface area (Å²) >= 11 is 0. The zero-order valence-electron chi connectivity index (χ0n) is 27.2. The number of ether oxygens (including phenoxy) is 2. The Balaban J connectivity index is 1.47. The van der Waals surface area contributed by atoms with E-state index in [0.29, 0.717) is 12.0 Å². The third-order valence-electron chi connectivity index (χ3n) is 11.4. The quantitative estimate of drug-likeness (QED) is 0.335. The van der Waals surface area contributed by atoms with E-state index in [4.69, 9.17) is 9.47 Å². The third kappa shape index (κ3) is 4.13. The van der Waals surface area contributed by atoms with Crippen molar-refractivity contribution in [3.05, 3.63) is 79.9 Å². The minimum absolute atomic E-state index is 0.0669. The van der Waals surface area contributed by atoms with Crippen LogP contribution in [0.2, 0.25) is 0 Å². The lowest BCUT2D eigenvalue weighted by atomic mass is 9.42. The Morgan fingerprint density at radius 2 is 1.65 bits per heavy atom. The van der Waals surface area contributed by atoms with E-state index in [9.17, 15) is 14.4 Å². The molecule has 1 heterocycles. The van der Waals surface area contributed by atoms with Crippen molar-refractivity contribution in [1.82, 2.24) is 0 Å². The van der Waals surface area contributed by atoms with Crippen molar-refractivity contribution < 1.29 is 23.9 Å². The second-order valence-corrected chi connectivity index (χ2v) is 14.6. The molecule has 2 aromatic rings. The summed E-state index contributed by atoms with van der Waals surface area (Å²) in [6, 6.07) is 8.45. The van der Waals surface area contributed by atoms with Gasteiger partial charge in [0.25, 0.3) is 0 Å². The molecule has 3 aliphatic carbocycles. The number of allylic oxidation sites excluding steroid dienone is 4. The average Bonchev–Trinajstić information content (AvgIpc) is 3.37. The van der Waals surface area contributed by atoms with E-state index in [2.05, 4.69) is 52.8 Å². The molecule has 0 spiro atoms. The Bertz CT molecular complexity index is 1690. The summed E-state index contributed by atoms with van der Waals surface area (Å²) in [5.41, 5.74) is 7.84. The second-order valence-electron chi connectivity index (χ2n) is 14.6. The van der Waals surface area contributed by atoms with Crippen molar-refractivity contribution in [1.29, 1.82) is 0 Å². The van der Waals surface area contributed by atoms with Gasteiger partial charge in [-0.15, -0.1) is 0 Å². The number of fused-ring (bicyclic) bond motifs is 4. The largest absolute Gasteiger partial charge is 0.454 e. The van der Waals surface area contributed by atoms with Gasteiger partial charge in [0, 0.05) is 16.6 Å². The zero-order chi connectivity index (χ0) is 31.2. The van der Waals surface area contributed by atoms with Crippen LogP contribution >= 0.6 is 0 Å². The van der Waals surface area contributed by atoms with Crippen molar-refractivity contribution in [3.8, 4) is 11.5 Å². The van der Waals surface area contributed by atoms with E-state index in [1.807, 2.05) is 26.8 Å². The highest BCUT2D eigenvalue weighted by Gasteiger charge is 2.63. The highest BCUT2D eigenvalue weighted by atomic mass is 16.7. The van der Waals surface area contributed by atoms with Crippen LogP contribution in [-0.2, 0) is 28.9 Å². The first-order valence-corrected chi connectivity index (χ1v) is 15.7. The van der Waals surface area contributed by atoms with Gasteiger partial charge in [0.05, 0.1) is 11.0 Å². The van der Waals surface area contributed by atoms with Gasteiger partial charge in [-0.1, -0.05) is 51.0 Å². The van der Waals surface area contributed by atoms with Gasteiger partial charge in [-0.2, -0.15) is 0 Å². The molecule has 43 heavy (non-hydrogen) atoms. The summed E-state index contributed by atoms with van der Waals surface area (Å²) in [7, 11) is 0. The predicted molar refractivity (Wildman–Crippen MR) is 168 cm³/mol. The van der Waals surface area contributed by atoms with Crippen LogP contribution in [0.5, 0.6) is 11.5 Å². The fourth-order valence-electron chi connectivity index (χ4n) is 9.22. The summed E-state index contributed by atoms with van der Waals surface area (Å²) in [6.07, 6.45) is 3.82. The molecule has 0 saturated carbocycles. The topological polar surface area (TPSA) is 69.7 Å². The van der Waals surface area contributed by atoms with Crippen molar-refractivity contribution in [2.75, 3.05) is 6.79 Å². The van der Waals surface area contributed by atoms with E-state index < -0.39 is 5.41 Å². The van der Waals surface area contributed by atoms with Crippen LogP contribution in [0.15, 0.2) is 46.6 Å². The van der Waals surface area contributed by atoms with Gasteiger partial charge in [-0.3, -0.25) is 14.4 Å². The lowest BCUT2D eigenvalue weighted by molar-refractivity contribution is -0.134. The molecule has 2 aromatic carbocycles. The van der Waals surface area contributed by atoms with Crippen LogP contribution < -0.4 is 9.47 Å². The summed E-state index contributed by atoms with van der Waals surface area (Å²) in [6.45, 7) is 18.6. The van der Waals surface area contributed by atoms with Crippen LogP contribution in [0.3, 0.4) is 0 Å². The number of ketones is 3. The molecule has 226 valence electrons. The molecule has 1 aliphatic heterocycles.